The maximum atomic E-state index is 14.8. The fraction of sp³-hybridized carbons (Fsp3) is 0.240. The standard InChI is InChI=1S/C25H25FN2O5S/c1-31-24-15-19-21(16-25(24)32-2)27-12-10-22(19)33-23-9-8-18(14-20(23)26)28-34(29,30)13-11-17-6-4-3-5-7-17/h3-6,8-10,12,14-17,28H,7,11,13H2,1-2H3. The number of ether oxygens (including phenoxy) is 3. The van der Waals surface area contributed by atoms with Crippen LogP contribution in [-0.2, 0) is 10.0 Å². The average molecular weight is 485 g/mol. The number of sulfonamides is 1. The summed E-state index contributed by atoms with van der Waals surface area (Å²) >= 11 is 0. The van der Waals surface area contributed by atoms with Crippen molar-refractivity contribution in [1.82, 2.24) is 4.98 Å². The Bertz CT molecular complexity index is 1350. The van der Waals surface area contributed by atoms with Crippen molar-refractivity contribution in [2.45, 2.75) is 12.8 Å². The molecule has 1 aliphatic carbocycles. The van der Waals surface area contributed by atoms with E-state index in [-0.39, 0.29) is 23.1 Å². The number of rotatable bonds is 9. The van der Waals surface area contributed by atoms with Gasteiger partial charge in [0.25, 0.3) is 0 Å². The van der Waals surface area contributed by atoms with Gasteiger partial charge in [-0.15, -0.1) is 0 Å². The Hall–Kier alpha value is -3.59. The molecule has 2 aromatic carbocycles. The number of nitrogens with one attached hydrogen (secondary N) is 1. The van der Waals surface area contributed by atoms with Crippen LogP contribution in [0.25, 0.3) is 10.9 Å². The van der Waals surface area contributed by atoms with Crippen molar-refractivity contribution in [2.75, 3.05) is 24.7 Å². The zero-order chi connectivity index (χ0) is 24.1. The van der Waals surface area contributed by atoms with Crippen LogP contribution < -0.4 is 18.9 Å². The number of fused-ring (bicyclic) bond motifs is 1. The average Bonchev–Trinajstić information content (AvgIpc) is 2.84. The number of allylic oxidation sites excluding steroid dienone is 4. The smallest absolute Gasteiger partial charge is 0.232 e. The third-order valence-corrected chi connectivity index (χ3v) is 6.78. The number of aromatic nitrogens is 1. The van der Waals surface area contributed by atoms with Crippen LogP contribution in [0.2, 0.25) is 0 Å². The van der Waals surface area contributed by atoms with Crippen molar-refractivity contribution in [3.05, 3.63) is 72.7 Å². The predicted molar refractivity (Wildman–Crippen MR) is 130 cm³/mol. The molecule has 0 saturated carbocycles. The molecule has 1 aliphatic rings. The van der Waals surface area contributed by atoms with Gasteiger partial charge in [-0.2, -0.15) is 0 Å². The first-order chi connectivity index (χ1) is 16.4. The second kappa shape index (κ2) is 10.1. The van der Waals surface area contributed by atoms with Gasteiger partial charge in [-0.3, -0.25) is 9.71 Å². The highest BCUT2D eigenvalue weighted by Gasteiger charge is 2.17. The van der Waals surface area contributed by atoms with E-state index in [4.69, 9.17) is 14.2 Å². The fourth-order valence-corrected chi connectivity index (χ4v) is 4.89. The van der Waals surface area contributed by atoms with E-state index >= 15 is 0 Å². The normalized spacial score (nSPS) is 15.3. The van der Waals surface area contributed by atoms with Crippen LogP contribution in [0.5, 0.6) is 23.0 Å². The predicted octanol–water partition coefficient (Wildman–Crippen LogP) is 5.45. The van der Waals surface area contributed by atoms with E-state index in [2.05, 4.69) is 9.71 Å². The third-order valence-electron chi connectivity index (χ3n) is 5.46. The molecule has 9 heteroatoms. The maximum absolute atomic E-state index is 14.8. The van der Waals surface area contributed by atoms with Gasteiger partial charge in [0.1, 0.15) is 5.75 Å². The molecular formula is C25H25FN2O5S. The number of benzene rings is 2. The lowest BCUT2D eigenvalue weighted by molar-refractivity contribution is 0.355. The minimum atomic E-state index is -3.62. The van der Waals surface area contributed by atoms with E-state index in [1.807, 2.05) is 24.3 Å². The van der Waals surface area contributed by atoms with Gasteiger partial charge < -0.3 is 14.2 Å². The Kier molecular flexibility index (Phi) is 7.02. The molecule has 7 nitrogen and oxygen atoms in total. The lowest BCUT2D eigenvalue weighted by Crippen LogP contribution is -2.18. The highest BCUT2D eigenvalue weighted by atomic mass is 32.2. The van der Waals surface area contributed by atoms with Crippen LogP contribution in [0.15, 0.2) is 66.9 Å². The van der Waals surface area contributed by atoms with Crippen molar-refractivity contribution in [3.63, 3.8) is 0 Å². The number of anilines is 1. The maximum Gasteiger partial charge on any atom is 0.232 e. The number of pyridine rings is 1. The molecule has 1 atom stereocenters. The monoisotopic (exact) mass is 484 g/mol. The molecule has 0 bridgehead atoms. The van der Waals surface area contributed by atoms with Crippen molar-refractivity contribution in [3.8, 4) is 23.0 Å². The first-order valence-electron chi connectivity index (χ1n) is 10.7. The molecule has 0 radical (unpaired) electrons. The Morgan fingerprint density at radius 3 is 2.53 bits per heavy atom. The zero-order valence-corrected chi connectivity index (χ0v) is 19.6. The van der Waals surface area contributed by atoms with Gasteiger partial charge in [-0.25, -0.2) is 12.8 Å². The van der Waals surface area contributed by atoms with E-state index < -0.39 is 15.8 Å². The number of halogens is 1. The van der Waals surface area contributed by atoms with Crippen molar-refractivity contribution in [2.24, 2.45) is 5.92 Å². The minimum absolute atomic E-state index is 0.0515. The summed E-state index contributed by atoms with van der Waals surface area (Å²) < 4.78 is 58.6. The first kappa shape index (κ1) is 23.6. The van der Waals surface area contributed by atoms with Crippen molar-refractivity contribution in [1.29, 1.82) is 0 Å². The lowest BCUT2D eigenvalue weighted by Gasteiger charge is -2.15. The summed E-state index contributed by atoms with van der Waals surface area (Å²) in [6.07, 6.45) is 10.7. The summed E-state index contributed by atoms with van der Waals surface area (Å²) in [7, 11) is -0.571. The number of methoxy groups -OCH3 is 2. The molecule has 0 amide bonds. The summed E-state index contributed by atoms with van der Waals surface area (Å²) in [4.78, 5) is 4.30. The summed E-state index contributed by atoms with van der Waals surface area (Å²) in [5.41, 5.74) is 0.721. The first-order valence-corrected chi connectivity index (χ1v) is 12.4. The molecule has 3 aromatic rings. The second-order valence-corrected chi connectivity index (χ2v) is 9.64. The molecular weight excluding hydrogens is 459 g/mol. The molecule has 1 N–H and O–H groups in total. The minimum Gasteiger partial charge on any atom is -0.493 e. The van der Waals surface area contributed by atoms with Crippen LogP contribution in [0.3, 0.4) is 0 Å². The quantitative estimate of drug-likeness (QED) is 0.435. The second-order valence-electron chi connectivity index (χ2n) is 7.80. The summed E-state index contributed by atoms with van der Waals surface area (Å²) in [5, 5.41) is 0.607. The third kappa shape index (κ3) is 5.48. The molecule has 0 saturated heterocycles. The molecule has 0 aliphatic heterocycles. The van der Waals surface area contributed by atoms with Gasteiger partial charge in [-0.05, 0) is 43.0 Å². The Balaban J connectivity index is 1.50. The van der Waals surface area contributed by atoms with Gasteiger partial charge in [0.2, 0.25) is 10.0 Å². The van der Waals surface area contributed by atoms with E-state index in [1.165, 1.54) is 26.4 Å². The van der Waals surface area contributed by atoms with E-state index in [1.54, 1.807) is 24.4 Å². The molecule has 4 rings (SSSR count). The molecule has 1 aromatic heterocycles. The van der Waals surface area contributed by atoms with Gasteiger partial charge in [0.05, 0.1) is 31.2 Å². The lowest BCUT2D eigenvalue weighted by atomic mass is 9.98. The SMILES string of the molecule is COc1cc2nccc(Oc3ccc(NS(=O)(=O)CCC4C=CC=CC4)cc3F)c2cc1OC. The Morgan fingerprint density at radius 2 is 1.82 bits per heavy atom. The summed E-state index contributed by atoms with van der Waals surface area (Å²) in [6, 6.07) is 8.96. The van der Waals surface area contributed by atoms with Gasteiger partial charge >= 0.3 is 0 Å². The number of nitrogens with zero attached hydrogens (tertiary/aromatic N) is 1. The van der Waals surface area contributed by atoms with Crippen LogP contribution >= 0.6 is 0 Å². The zero-order valence-electron chi connectivity index (χ0n) is 18.8. The largest absolute Gasteiger partial charge is 0.493 e. The van der Waals surface area contributed by atoms with Gasteiger partial charge in [-0.1, -0.05) is 24.3 Å². The highest BCUT2D eigenvalue weighted by Crippen LogP contribution is 2.37. The Labute approximate surface area is 197 Å². The van der Waals surface area contributed by atoms with Crippen LogP contribution in [0, 0.1) is 11.7 Å². The Morgan fingerprint density at radius 1 is 1.03 bits per heavy atom. The summed E-state index contributed by atoms with van der Waals surface area (Å²) in [6.45, 7) is 0. The highest BCUT2D eigenvalue weighted by molar-refractivity contribution is 7.92. The molecule has 1 heterocycles. The van der Waals surface area contributed by atoms with Crippen molar-refractivity contribution >= 4 is 26.6 Å². The van der Waals surface area contributed by atoms with Gasteiger partial charge in [0.15, 0.2) is 23.1 Å². The number of hydrogen-bond acceptors (Lipinski definition) is 6. The topological polar surface area (TPSA) is 86.8 Å². The van der Waals surface area contributed by atoms with Crippen LogP contribution in [0.4, 0.5) is 10.1 Å². The van der Waals surface area contributed by atoms with E-state index in [0.717, 1.165) is 12.5 Å². The molecule has 34 heavy (non-hydrogen) atoms. The van der Waals surface area contributed by atoms with Crippen LogP contribution in [-0.4, -0.2) is 33.4 Å². The van der Waals surface area contributed by atoms with E-state index in [9.17, 15) is 12.8 Å². The van der Waals surface area contributed by atoms with E-state index in [0.29, 0.717) is 34.6 Å². The number of hydrogen-bond donors (Lipinski definition) is 1. The molecule has 178 valence electrons. The summed E-state index contributed by atoms with van der Waals surface area (Å²) in [5.74, 6) is 0.742. The fourth-order valence-electron chi connectivity index (χ4n) is 3.68. The van der Waals surface area contributed by atoms with Crippen LogP contribution in [0.1, 0.15) is 12.8 Å². The molecule has 0 fully saturated rings. The van der Waals surface area contributed by atoms with Gasteiger partial charge in [0, 0.05) is 23.7 Å². The molecule has 1 unspecified atom stereocenters. The molecule has 0 spiro atoms. The van der Waals surface area contributed by atoms with Crippen molar-refractivity contribution < 1.29 is 27.0 Å².